The first-order chi connectivity index (χ1) is 15.7. The van der Waals surface area contributed by atoms with Crippen LogP contribution in [0.25, 0.3) is 16.3 Å². The van der Waals surface area contributed by atoms with E-state index in [0.29, 0.717) is 17.8 Å². The molecule has 7 nitrogen and oxygen atoms in total. The topological polar surface area (TPSA) is 79.7 Å². The van der Waals surface area contributed by atoms with Crippen LogP contribution >= 0.6 is 11.3 Å². The number of rotatable bonds is 5. The fraction of sp³-hybridized carbons (Fsp3) is 0.333. The van der Waals surface area contributed by atoms with Crippen molar-refractivity contribution >= 4 is 43.6 Å². The Morgan fingerprint density at radius 3 is 2.33 bits per heavy atom. The molecule has 0 atom stereocenters. The van der Waals surface area contributed by atoms with Gasteiger partial charge in [0.25, 0.3) is 0 Å². The summed E-state index contributed by atoms with van der Waals surface area (Å²) >= 11 is 1.06. The average Bonchev–Trinajstić information content (AvgIpc) is 3.13. The third-order valence-corrected chi connectivity index (χ3v) is 8.60. The molecule has 1 fully saturated rings. The summed E-state index contributed by atoms with van der Waals surface area (Å²) in [6.45, 7) is 6.98. The van der Waals surface area contributed by atoms with Crippen molar-refractivity contribution < 1.29 is 13.2 Å². The summed E-state index contributed by atoms with van der Waals surface area (Å²) in [5.41, 5.74) is 2.84. The zero-order chi connectivity index (χ0) is 23.8. The van der Waals surface area contributed by atoms with E-state index in [1.165, 1.54) is 10.4 Å². The first-order valence-corrected chi connectivity index (χ1v) is 13.1. The molecule has 0 N–H and O–H groups in total. The van der Waals surface area contributed by atoms with Crippen LogP contribution in [0.1, 0.15) is 31.0 Å². The number of benzene rings is 2. The number of aryl methyl sites for hydroxylation is 1. The molecule has 174 valence electrons. The normalized spacial score (nSPS) is 15.7. The highest BCUT2D eigenvalue weighted by Gasteiger charge is 2.30. The Hall–Kier alpha value is -2.75. The monoisotopic (exact) mass is 485 g/mol. The van der Waals surface area contributed by atoms with E-state index >= 15 is 0 Å². The van der Waals surface area contributed by atoms with Crippen molar-refractivity contribution in [3.05, 3.63) is 69.3 Å². The second-order valence-electron chi connectivity index (χ2n) is 8.43. The lowest BCUT2D eigenvalue weighted by Crippen LogP contribution is -2.50. The van der Waals surface area contributed by atoms with Gasteiger partial charge in [-0.1, -0.05) is 41.2 Å². The van der Waals surface area contributed by atoms with Crippen LogP contribution in [0.15, 0.2) is 58.2 Å². The lowest BCUT2D eigenvalue weighted by molar-refractivity contribution is -0.127. The number of piperazine rings is 1. The molecular formula is C24H27N3O4S2. The van der Waals surface area contributed by atoms with Gasteiger partial charge in [-0.2, -0.15) is 4.31 Å². The Kier molecular flexibility index (Phi) is 6.56. The van der Waals surface area contributed by atoms with Gasteiger partial charge in [-0.05, 0) is 50.6 Å². The number of carbonyl (C=O) groups is 1. The van der Waals surface area contributed by atoms with E-state index in [1.807, 2.05) is 45.0 Å². The van der Waals surface area contributed by atoms with Crippen LogP contribution in [0.3, 0.4) is 0 Å². The second kappa shape index (κ2) is 9.24. The van der Waals surface area contributed by atoms with E-state index in [0.717, 1.165) is 28.0 Å². The molecule has 1 saturated heterocycles. The Balaban J connectivity index is 1.45. The Labute approximate surface area is 197 Å². The molecule has 2 aromatic carbocycles. The molecule has 33 heavy (non-hydrogen) atoms. The summed E-state index contributed by atoms with van der Waals surface area (Å²) in [7, 11) is -3.71. The number of carbonyl (C=O) groups excluding carboxylic acids is 1. The second-order valence-corrected chi connectivity index (χ2v) is 11.4. The lowest BCUT2D eigenvalue weighted by atomic mass is 10.1. The summed E-state index contributed by atoms with van der Waals surface area (Å²) in [6, 6.07) is 12.7. The number of sulfonamides is 1. The smallest absolute Gasteiger partial charge is 0.308 e. The summed E-state index contributed by atoms with van der Waals surface area (Å²) in [5.74, 6) is -0.131. The summed E-state index contributed by atoms with van der Waals surface area (Å²) < 4.78 is 30.1. The number of aromatic nitrogens is 1. The molecule has 1 aliphatic heterocycles. The molecule has 0 unspecified atom stereocenters. The summed E-state index contributed by atoms with van der Waals surface area (Å²) in [6.07, 6.45) is 3.30. The number of nitrogens with zero attached hydrogens (tertiary/aromatic N) is 3. The fourth-order valence-corrected chi connectivity index (χ4v) is 6.49. The van der Waals surface area contributed by atoms with E-state index in [1.54, 1.807) is 33.7 Å². The number of hydrogen-bond acceptors (Lipinski definition) is 5. The number of fused-ring (bicyclic) bond motifs is 1. The van der Waals surface area contributed by atoms with Crippen molar-refractivity contribution in [3.63, 3.8) is 0 Å². The number of amides is 1. The van der Waals surface area contributed by atoms with Crippen LogP contribution in [0, 0.1) is 6.92 Å². The molecular weight excluding hydrogens is 458 g/mol. The van der Waals surface area contributed by atoms with Gasteiger partial charge in [0.2, 0.25) is 15.9 Å². The van der Waals surface area contributed by atoms with Crippen molar-refractivity contribution in [1.82, 2.24) is 13.8 Å². The maximum Gasteiger partial charge on any atom is 0.308 e. The largest absolute Gasteiger partial charge is 0.337 e. The highest BCUT2D eigenvalue weighted by molar-refractivity contribution is 7.89. The van der Waals surface area contributed by atoms with Crippen molar-refractivity contribution in [2.45, 2.75) is 31.7 Å². The Morgan fingerprint density at radius 1 is 1.03 bits per heavy atom. The van der Waals surface area contributed by atoms with Gasteiger partial charge >= 0.3 is 4.87 Å². The molecule has 1 aliphatic rings. The van der Waals surface area contributed by atoms with Crippen LogP contribution in [0.5, 0.6) is 0 Å². The molecule has 9 heteroatoms. The van der Waals surface area contributed by atoms with Crippen LogP contribution in [-0.4, -0.2) is 54.3 Å². The zero-order valence-corrected chi connectivity index (χ0v) is 20.5. The minimum atomic E-state index is -3.71. The quantitative estimate of drug-likeness (QED) is 0.518. The van der Waals surface area contributed by atoms with Crippen molar-refractivity contribution in [2.75, 3.05) is 26.2 Å². The maximum absolute atomic E-state index is 13.2. The van der Waals surface area contributed by atoms with Gasteiger partial charge in [0, 0.05) is 38.3 Å². The standard InChI is InChI=1S/C24H27N3O4S2/c1-17(2)27-21-10-9-20(16-22(21)32-24(27)29)33(30,31)26-14-12-25(13-15-26)23(28)11-8-19-6-4-18(3)5-7-19/h4-11,16-17H,12-15H2,1-3H3. The van der Waals surface area contributed by atoms with E-state index in [9.17, 15) is 18.0 Å². The van der Waals surface area contributed by atoms with Crippen LogP contribution in [0.4, 0.5) is 0 Å². The zero-order valence-electron chi connectivity index (χ0n) is 18.9. The number of thiazole rings is 1. The lowest BCUT2D eigenvalue weighted by Gasteiger charge is -2.33. The SMILES string of the molecule is Cc1ccc(C=CC(=O)N2CCN(S(=O)(=O)c3ccc4c(c3)sc(=O)n4C(C)C)CC2)cc1. The van der Waals surface area contributed by atoms with Gasteiger partial charge in [-0.25, -0.2) is 8.42 Å². The van der Waals surface area contributed by atoms with E-state index in [-0.39, 0.29) is 34.8 Å². The Bertz CT molecular complexity index is 1360. The fourth-order valence-electron chi connectivity index (χ4n) is 3.91. The van der Waals surface area contributed by atoms with Gasteiger partial charge in [-0.15, -0.1) is 0 Å². The molecule has 0 spiro atoms. The van der Waals surface area contributed by atoms with Gasteiger partial charge in [0.1, 0.15) is 0 Å². The van der Waals surface area contributed by atoms with Crippen LogP contribution < -0.4 is 4.87 Å². The molecule has 1 aromatic heterocycles. The highest BCUT2D eigenvalue weighted by atomic mass is 32.2. The molecule has 0 saturated carbocycles. The molecule has 1 amide bonds. The van der Waals surface area contributed by atoms with Crippen molar-refractivity contribution in [2.24, 2.45) is 0 Å². The summed E-state index contributed by atoms with van der Waals surface area (Å²) in [4.78, 5) is 26.6. The van der Waals surface area contributed by atoms with Gasteiger partial charge in [0.05, 0.1) is 15.1 Å². The third-order valence-electron chi connectivity index (χ3n) is 5.78. The van der Waals surface area contributed by atoms with Gasteiger partial charge < -0.3 is 4.90 Å². The van der Waals surface area contributed by atoms with Gasteiger partial charge in [-0.3, -0.25) is 14.2 Å². The minimum Gasteiger partial charge on any atom is -0.337 e. The Morgan fingerprint density at radius 2 is 1.70 bits per heavy atom. The summed E-state index contributed by atoms with van der Waals surface area (Å²) in [5, 5.41) is 0. The van der Waals surface area contributed by atoms with Crippen LogP contribution in [-0.2, 0) is 14.8 Å². The van der Waals surface area contributed by atoms with Gasteiger partial charge in [0.15, 0.2) is 0 Å². The van der Waals surface area contributed by atoms with Crippen molar-refractivity contribution in [1.29, 1.82) is 0 Å². The van der Waals surface area contributed by atoms with Crippen LogP contribution in [0.2, 0.25) is 0 Å². The van der Waals surface area contributed by atoms with E-state index < -0.39 is 10.0 Å². The molecule has 0 bridgehead atoms. The van der Waals surface area contributed by atoms with E-state index in [4.69, 9.17) is 0 Å². The first kappa shape index (κ1) is 23.4. The third kappa shape index (κ3) is 4.80. The maximum atomic E-state index is 13.2. The number of hydrogen-bond donors (Lipinski definition) is 0. The molecule has 2 heterocycles. The average molecular weight is 486 g/mol. The minimum absolute atomic E-state index is 0.000575. The highest BCUT2D eigenvalue weighted by Crippen LogP contribution is 2.26. The molecule has 4 rings (SSSR count). The first-order valence-electron chi connectivity index (χ1n) is 10.9. The molecule has 0 aliphatic carbocycles. The predicted molar refractivity (Wildman–Crippen MR) is 132 cm³/mol. The molecule has 3 aromatic rings. The molecule has 0 radical (unpaired) electrons. The van der Waals surface area contributed by atoms with E-state index in [2.05, 4.69) is 0 Å². The van der Waals surface area contributed by atoms with Crippen molar-refractivity contribution in [3.8, 4) is 0 Å². The predicted octanol–water partition coefficient (Wildman–Crippen LogP) is 3.50.